The maximum Gasteiger partial charge on any atom is 0.194 e. The molecule has 1 atom stereocenters. The normalized spacial score (nSPS) is 12.7. The predicted molar refractivity (Wildman–Crippen MR) is 74.6 cm³/mol. The fourth-order valence-electron chi connectivity index (χ4n) is 2.37. The SMILES string of the molecule is CCCNC(c1cc(F)c(F)c(F)c1)c1cc(C)oc1C. The Bertz CT molecular complexity index is 613. The van der Waals surface area contributed by atoms with Crippen molar-refractivity contribution in [2.75, 3.05) is 6.54 Å². The maximum absolute atomic E-state index is 13.5. The molecule has 1 aromatic carbocycles. The minimum atomic E-state index is -1.45. The zero-order chi connectivity index (χ0) is 15.6. The Kier molecular flexibility index (Phi) is 4.73. The summed E-state index contributed by atoms with van der Waals surface area (Å²) in [5, 5.41) is 3.21. The van der Waals surface area contributed by atoms with Crippen LogP contribution in [0.2, 0.25) is 0 Å². The monoisotopic (exact) mass is 297 g/mol. The first kappa shape index (κ1) is 15.6. The van der Waals surface area contributed by atoms with Crippen LogP contribution in [0, 0.1) is 31.3 Å². The number of nitrogens with one attached hydrogen (secondary N) is 1. The van der Waals surface area contributed by atoms with Gasteiger partial charge in [0.25, 0.3) is 0 Å². The topological polar surface area (TPSA) is 25.2 Å². The lowest BCUT2D eigenvalue weighted by Gasteiger charge is -2.19. The van der Waals surface area contributed by atoms with Crippen LogP contribution in [0.1, 0.15) is 42.0 Å². The van der Waals surface area contributed by atoms with Gasteiger partial charge in [0.05, 0.1) is 6.04 Å². The van der Waals surface area contributed by atoms with Gasteiger partial charge in [0, 0.05) is 5.56 Å². The summed E-state index contributed by atoms with van der Waals surface area (Å²) in [6, 6.07) is 3.43. The highest BCUT2D eigenvalue weighted by atomic mass is 19.2. The average Bonchev–Trinajstić information content (AvgIpc) is 2.75. The van der Waals surface area contributed by atoms with E-state index in [-0.39, 0.29) is 0 Å². The van der Waals surface area contributed by atoms with Crippen LogP contribution in [0.25, 0.3) is 0 Å². The van der Waals surface area contributed by atoms with Crippen LogP contribution in [0.15, 0.2) is 22.6 Å². The molecule has 1 N–H and O–H groups in total. The van der Waals surface area contributed by atoms with Crippen LogP contribution in [0.3, 0.4) is 0 Å². The molecule has 2 aromatic rings. The predicted octanol–water partition coefficient (Wildman–Crippen LogP) is 4.40. The first-order chi connectivity index (χ1) is 9.93. The first-order valence-electron chi connectivity index (χ1n) is 6.88. The molecule has 0 saturated heterocycles. The van der Waals surface area contributed by atoms with Gasteiger partial charge in [-0.15, -0.1) is 0 Å². The molecule has 0 fully saturated rings. The summed E-state index contributed by atoms with van der Waals surface area (Å²) in [5.41, 5.74) is 1.13. The van der Waals surface area contributed by atoms with Crippen LogP contribution >= 0.6 is 0 Å². The molecule has 2 nitrogen and oxygen atoms in total. The molecule has 21 heavy (non-hydrogen) atoms. The minimum Gasteiger partial charge on any atom is -0.466 e. The number of halogens is 3. The van der Waals surface area contributed by atoms with Gasteiger partial charge in [-0.25, -0.2) is 13.2 Å². The van der Waals surface area contributed by atoms with E-state index >= 15 is 0 Å². The summed E-state index contributed by atoms with van der Waals surface area (Å²) in [6.45, 7) is 6.25. The number of hydrogen-bond acceptors (Lipinski definition) is 2. The quantitative estimate of drug-likeness (QED) is 0.827. The Labute approximate surface area is 122 Å². The molecule has 0 saturated carbocycles. The summed E-state index contributed by atoms with van der Waals surface area (Å²) >= 11 is 0. The Hall–Kier alpha value is -1.75. The highest BCUT2D eigenvalue weighted by molar-refractivity contribution is 5.35. The molecule has 1 unspecified atom stereocenters. The third-order valence-corrected chi connectivity index (χ3v) is 3.33. The van der Waals surface area contributed by atoms with E-state index < -0.39 is 23.5 Å². The van der Waals surface area contributed by atoms with Crippen molar-refractivity contribution in [1.82, 2.24) is 5.32 Å². The zero-order valence-corrected chi connectivity index (χ0v) is 12.3. The molecule has 0 aliphatic rings. The van der Waals surface area contributed by atoms with Crippen molar-refractivity contribution in [2.45, 2.75) is 33.2 Å². The van der Waals surface area contributed by atoms with E-state index in [1.807, 2.05) is 13.0 Å². The van der Waals surface area contributed by atoms with Crippen molar-refractivity contribution in [1.29, 1.82) is 0 Å². The number of aryl methyl sites for hydroxylation is 2. The third kappa shape index (κ3) is 3.29. The standard InChI is InChI=1S/C16H18F3NO/c1-4-5-20-16(12-6-9(2)21-10(12)3)11-7-13(17)15(19)14(18)8-11/h6-8,16,20H,4-5H2,1-3H3. The Balaban J connectivity index is 2.47. The van der Waals surface area contributed by atoms with Crippen LogP contribution < -0.4 is 5.32 Å². The van der Waals surface area contributed by atoms with Crippen molar-refractivity contribution >= 4 is 0 Å². The van der Waals surface area contributed by atoms with E-state index in [1.165, 1.54) is 0 Å². The first-order valence-corrected chi connectivity index (χ1v) is 6.88. The fourth-order valence-corrected chi connectivity index (χ4v) is 2.37. The van der Waals surface area contributed by atoms with E-state index in [0.717, 1.165) is 24.1 Å². The lowest BCUT2D eigenvalue weighted by molar-refractivity contribution is 0.441. The smallest absolute Gasteiger partial charge is 0.194 e. The lowest BCUT2D eigenvalue weighted by Crippen LogP contribution is -2.24. The molecular formula is C16H18F3NO. The lowest BCUT2D eigenvalue weighted by atomic mass is 9.98. The highest BCUT2D eigenvalue weighted by Crippen LogP contribution is 2.29. The Morgan fingerprint density at radius 3 is 2.19 bits per heavy atom. The molecule has 114 valence electrons. The summed E-state index contributed by atoms with van der Waals surface area (Å²) in [4.78, 5) is 0. The van der Waals surface area contributed by atoms with Crippen molar-refractivity contribution in [3.8, 4) is 0 Å². The summed E-state index contributed by atoms with van der Waals surface area (Å²) in [7, 11) is 0. The molecule has 0 spiro atoms. The molecule has 0 bridgehead atoms. The van der Waals surface area contributed by atoms with Crippen LogP contribution in [-0.2, 0) is 0 Å². The average molecular weight is 297 g/mol. The van der Waals surface area contributed by atoms with Gasteiger partial charge >= 0.3 is 0 Å². The van der Waals surface area contributed by atoms with Gasteiger partial charge in [0.2, 0.25) is 0 Å². The summed E-state index contributed by atoms with van der Waals surface area (Å²) in [6.07, 6.45) is 0.860. The van der Waals surface area contributed by atoms with E-state index in [1.54, 1.807) is 13.8 Å². The van der Waals surface area contributed by atoms with E-state index in [2.05, 4.69) is 5.32 Å². The maximum atomic E-state index is 13.5. The molecule has 0 radical (unpaired) electrons. The molecule has 0 aliphatic carbocycles. The van der Waals surface area contributed by atoms with Gasteiger partial charge in [0.15, 0.2) is 17.5 Å². The van der Waals surface area contributed by atoms with Crippen LogP contribution in [0.5, 0.6) is 0 Å². The van der Waals surface area contributed by atoms with Gasteiger partial charge in [-0.3, -0.25) is 0 Å². The van der Waals surface area contributed by atoms with Gasteiger partial charge in [-0.05, 0) is 50.6 Å². The molecule has 1 aromatic heterocycles. The highest BCUT2D eigenvalue weighted by Gasteiger charge is 2.22. The van der Waals surface area contributed by atoms with Gasteiger partial charge in [0.1, 0.15) is 11.5 Å². The number of furan rings is 1. The van der Waals surface area contributed by atoms with Gasteiger partial charge in [-0.1, -0.05) is 6.92 Å². The molecule has 0 aliphatic heterocycles. The van der Waals surface area contributed by atoms with Gasteiger partial charge in [-0.2, -0.15) is 0 Å². The number of benzene rings is 1. The second-order valence-electron chi connectivity index (χ2n) is 5.05. The van der Waals surface area contributed by atoms with Crippen LogP contribution in [-0.4, -0.2) is 6.54 Å². The minimum absolute atomic E-state index is 0.337. The second-order valence-corrected chi connectivity index (χ2v) is 5.05. The number of hydrogen-bond donors (Lipinski definition) is 1. The zero-order valence-electron chi connectivity index (χ0n) is 12.3. The molecular weight excluding hydrogens is 279 g/mol. The Morgan fingerprint density at radius 1 is 1.10 bits per heavy atom. The summed E-state index contributed by atoms with van der Waals surface area (Å²) in [5.74, 6) is -2.44. The van der Waals surface area contributed by atoms with Crippen molar-refractivity contribution < 1.29 is 17.6 Å². The molecule has 2 rings (SSSR count). The number of rotatable bonds is 5. The van der Waals surface area contributed by atoms with Crippen LogP contribution in [0.4, 0.5) is 13.2 Å². The van der Waals surface area contributed by atoms with Gasteiger partial charge < -0.3 is 9.73 Å². The summed E-state index contributed by atoms with van der Waals surface area (Å²) < 4.78 is 45.6. The molecule has 1 heterocycles. The van der Waals surface area contributed by atoms with E-state index in [0.29, 0.717) is 23.6 Å². The van der Waals surface area contributed by atoms with E-state index in [9.17, 15) is 13.2 Å². The molecule has 0 amide bonds. The largest absolute Gasteiger partial charge is 0.466 e. The van der Waals surface area contributed by atoms with Crippen molar-refractivity contribution in [3.63, 3.8) is 0 Å². The van der Waals surface area contributed by atoms with Crippen molar-refractivity contribution in [3.05, 3.63) is 58.3 Å². The Morgan fingerprint density at radius 2 is 1.71 bits per heavy atom. The van der Waals surface area contributed by atoms with E-state index in [4.69, 9.17) is 4.42 Å². The molecule has 5 heteroatoms. The fraction of sp³-hybridized carbons (Fsp3) is 0.375. The second kappa shape index (κ2) is 6.35. The third-order valence-electron chi connectivity index (χ3n) is 3.33. The van der Waals surface area contributed by atoms with Crippen molar-refractivity contribution in [2.24, 2.45) is 0 Å².